The highest BCUT2D eigenvalue weighted by atomic mass is 35.5. The van der Waals surface area contributed by atoms with Crippen LogP contribution in [0.3, 0.4) is 0 Å². The van der Waals surface area contributed by atoms with Crippen LogP contribution in [-0.2, 0) is 20.8 Å². The molecule has 0 radical (unpaired) electrons. The van der Waals surface area contributed by atoms with Gasteiger partial charge in [-0.2, -0.15) is 0 Å². The Bertz CT molecular complexity index is 637. The molecule has 0 aliphatic rings. The average molecular weight is 389 g/mol. The van der Waals surface area contributed by atoms with Gasteiger partial charge in [0, 0.05) is 26.4 Å². The number of aryl methyl sites for hydroxylation is 1. The molecule has 0 heterocycles. The Kier molecular flexibility index (Phi) is 8.72. The molecule has 1 rings (SSSR count). The van der Waals surface area contributed by atoms with Gasteiger partial charge in [0.2, 0.25) is 11.8 Å². The lowest BCUT2D eigenvalue weighted by Crippen LogP contribution is -2.46. The van der Waals surface area contributed by atoms with Gasteiger partial charge in [-0.25, -0.2) is 4.79 Å². The van der Waals surface area contributed by atoms with Crippen molar-refractivity contribution in [2.75, 3.05) is 13.1 Å². The fraction of sp³-hybridized carbons (Fsp3) is 0.471. The number of benzene rings is 1. The molecule has 2 N–H and O–H groups in total. The minimum atomic E-state index is -1.08. The zero-order valence-corrected chi connectivity index (χ0v) is 15.7. The lowest BCUT2D eigenvalue weighted by Gasteiger charge is -2.26. The predicted octanol–water partition coefficient (Wildman–Crippen LogP) is 2.75. The van der Waals surface area contributed by atoms with E-state index in [1.54, 1.807) is 12.1 Å². The number of amides is 2. The summed E-state index contributed by atoms with van der Waals surface area (Å²) in [7, 11) is 0. The molecule has 6 nitrogen and oxygen atoms in total. The summed E-state index contributed by atoms with van der Waals surface area (Å²) in [5.74, 6) is -1.57. The number of carbonyl (C=O) groups is 3. The minimum absolute atomic E-state index is 0.151. The molecule has 0 aromatic heterocycles. The van der Waals surface area contributed by atoms with Gasteiger partial charge < -0.3 is 15.3 Å². The third-order valence-corrected chi connectivity index (χ3v) is 4.45. The molecule has 1 aromatic carbocycles. The molecule has 0 aliphatic heterocycles. The van der Waals surface area contributed by atoms with E-state index >= 15 is 0 Å². The van der Waals surface area contributed by atoms with E-state index in [4.69, 9.17) is 28.3 Å². The lowest BCUT2D eigenvalue weighted by molar-refractivity contribution is -0.149. The summed E-state index contributed by atoms with van der Waals surface area (Å²) in [6, 6.07) is 4.34. The first kappa shape index (κ1) is 21.3. The van der Waals surface area contributed by atoms with Crippen molar-refractivity contribution < 1.29 is 19.5 Å². The molecule has 138 valence electrons. The molecule has 1 unspecified atom stereocenters. The summed E-state index contributed by atoms with van der Waals surface area (Å²) >= 11 is 11.8. The summed E-state index contributed by atoms with van der Waals surface area (Å²) in [6.45, 7) is 3.18. The zero-order chi connectivity index (χ0) is 19.0. The van der Waals surface area contributed by atoms with E-state index < -0.39 is 12.0 Å². The molecule has 1 atom stereocenters. The predicted molar refractivity (Wildman–Crippen MR) is 96.9 cm³/mol. The van der Waals surface area contributed by atoms with Gasteiger partial charge in [0.25, 0.3) is 0 Å². The number of aliphatic carboxylic acids is 1. The number of halogens is 2. The van der Waals surface area contributed by atoms with Crippen LogP contribution in [0.2, 0.25) is 10.0 Å². The summed E-state index contributed by atoms with van der Waals surface area (Å²) < 4.78 is 0. The molecule has 0 bridgehead atoms. The molecule has 0 spiro atoms. The van der Waals surface area contributed by atoms with Crippen LogP contribution in [0.4, 0.5) is 0 Å². The van der Waals surface area contributed by atoms with E-state index in [0.717, 1.165) is 5.56 Å². The fourth-order valence-corrected chi connectivity index (χ4v) is 2.62. The average Bonchev–Trinajstić information content (AvgIpc) is 2.53. The molecule has 25 heavy (non-hydrogen) atoms. The number of hydrogen-bond acceptors (Lipinski definition) is 3. The van der Waals surface area contributed by atoms with Crippen LogP contribution in [0.5, 0.6) is 0 Å². The largest absolute Gasteiger partial charge is 0.480 e. The zero-order valence-electron chi connectivity index (χ0n) is 14.2. The molecule has 0 aliphatic carbocycles. The summed E-state index contributed by atoms with van der Waals surface area (Å²) in [6.07, 6.45) is 1.39. The van der Waals surface area contributed by atoms with Gasteiger partial charge in [-0.3, -0.25) is 9.59 Å². The van der Waals surface area contributed by atoms with Crippen LogP contribution >= 0.6 is 23.2 Å². The molecule has 0 saturated carbocycles. The van der Waals surface area contributed by atoms with E-state index in [0.29, 0.717) is 22.9 Å². The molecule has 8 heteroatoms. The Hall–Kier alpha value is -1.79. The highest BCUT2D eigenvalue weighted by Crippen LogP contribution is 2.23. The van der Waals surface area contributed by atoms with Crippen LogP contribution in [0.1, 0.15) is 32.3 Å². The number of hydrogen-bond donors (Lipinski definition) is 2. The Labute approximate surface area is 157 Å². The SMILES string of the molecule is CC(=O)NCCN(C(=O)CCCc1ccc(Cl)c(Cl)c1)C(C)C(=O)O. The Morgan fingerprint density at radius 2 is 1.92 bits per heavy atom. The van der Waals surface area contributed by atoms with E-state index in [1.807, 2.05) is 6.07 Å². The Balaban J connectivity index is 2.59. The molecule has 1 aromatic rings. The van der Waals surface area contributed by atoms with Crippen LogP contribution in [0.25, 0.3) is 0 Å². The number of carboxylic acids is 1. The second kappa shape index (κ2) is 10.3. The smallest absolute Gasteiger partial charge is 0.326 e. The topological polar surface area (TPSA) is 86.7 Å². The number of nitrogens with one attached hydrogen (secondary N) is 1. The van der Waals surface area contributed by atoms with Crippen LogP contribution < -0.4 is 5.32 Å². The van der Waals surface area contributed by atoms with Crippen molar-refractivity contribution in [3.8, 4) is 0 Å². The van der Waals surface area contributed by atoms with Gasteiger partial charge >= 0.3 is 5.97 Å². The highest BCUT2D eigenvalue weighted by Gasteiger charge is 2.24. The monoisotopic (exact) mass is 388 g/mol. The first-order valence-corrected chi connectivity index (χ1v) is 8.68. The van der Waals surface area contributed by atoms with Crippen molar-refractivity contribution in [3.05, 3.63) is 33.8 Å². The Morgan fingerprint density at radius 1 is 1.24 bits per heavy atom. The van der Waals surface area contributed by atoms with Crippen LogP contribution in [0, 0.1) is 0 Å². The first-order chi connectivity index (χ1) is 11.7. The van der Waals surface area contributed by atoms with Gasteiger partial charge in [0.05, 0.1) is 10.0 Å². The molecule has 2 amide bonds. The highest BCUT2D eigenvalue weighted by molar-refractivity contribution is 6.42. The third kappa shape index (κ3) is 7.32. The molecular weight excluding hydrogens is 367 g/mol. The summed E-state index contributed by atoms with van der Waals surface area (Å²) in [5, 5.41) is 12.7. The van der Waals surface area contributed by atoms with Crippen molar-refractivity contribution >= 4 is 41.0 Å². The fourth-order valence-electron chi connectivity index (χ4n) is 2.30. The lowest BCUT2D eigenvalue weighted by atomic mass is 10.1. The van der Waals surface area contributed by atoms with Crippen molar-refractivity contribution in [2.24, 2.45) is 0 Å². The van der Waals surface area contributed by atoms with Crippen LogP contribution in [0.15, 0.2) is 18.2 Å². The second-order valence-electron chi connectivity index (χ2n) is 5.69. The van der Waals surface area contributed by atoms with E-state index in [9.17, 15) is 14.4 Å². The maximum atomic E-state index is 12.4. The normalized spacial score (nSPS) is 11.7. The van der Waals surface area contributed by atoms with Gasteiger partial charge in [0.15, 0.2) is 0 Å². The second-order valence-corrected chi connectivity index (χ2v) is 6.50. The quantitative estimate of drug-likeness (QED) is 0.680. The summed E-state index contributed by atoms with van der Waals surface area (Å²) in [5.41, 5.74) is 0.957. The maximum absolute atomic E-state index is 12.4. The maximum Gasteiger partial charge on any atom is 0.326 e. The number of carboxylic acid groups (broad SMARTS) is 1. The number of nitrogens with zero attached hydrogens (tertiary/aromatic N) is 1. The first-order valence-electron chi connectivity index (χ1n) is 7.93. The molecule has 0 fully saturated rings. The van der Waals surface area contributed by atoms with Crippen LogP contribution in [-0.4, -0.2) is 46.9 Å². The van der Waals surface area contributed by atoms with Gasteiger partial charge in [0.1, 0.15) is 6.04 Å². The Morgan fingerprint density at radius 3 is 2.48 bits per heavy atom. The van der Waals surface area contributed by atoms with Gasteiger partial charge in [-0.05, 0) is 37.5 Å². The van der Waals surface area contributed by atoms with Crippen molar-refractivity contribution in [3.63, 3.8) is 0 Å². The van der Waals surface area contributed by atoms with E-state index in [2.05, 4.69) is 5.32 Å². The standard InChI is InChI=1S/C17H22Cl2N2O4/c1-11(17(24)25)21(9-8-20-12(2)22)16(23)5-3-4-13-6-7-14(18)15(19)10-13/h6-7,10-11H,3-5,8-9H2,1-2H3,(H,20,22)(H,24,25). The number of carbonyl (C=O) groups excluding carboxylic acids is 2. The molecule has 0 saturated heterocycles. The van der Waals surface area contributed by atoms with Crippen molar-refractivity contribution in [1.82, 2.24) is 10.2 Å². The van der Waals surface area contributed by atoms with E-state index in [1.165, 1.54) is 18.7 Å². The van der Waals surface area contributed by atoms with Gasteiger partial charge in [-0.1, -0.05) is 29.3 Å². The minimum Gasteiger partial charge on any atom is -0.480 e. The van der Waals surface area contributed by atoms with Gasteiger partial charge in [-0.15, -0.1) is 0 Å². The third-order valence-electron chi connectivity index (χ3n) is 3.71. The van der Waals surface area contributed by atoms with Crippen molar-refractivity contribution in [1.29, 1.82) is 0 Å². The summed E-state index contributed by atoms with van der Waals surface area (Å²) in [4.78, 5) is 35.8. The van der Waals surface area contributed by atoms with E-state index in [-0.39, 0.29) is 31.3 Å². The van der Waals surface area contributed by atoms with Crippen molar-refractivity contribution in [2.45, 2.75) is 39.2 Å². The number of rotatable bonds is 9. The molecular formula is C17H22Cl2N2O4.